The minimum atomic E-state index is -0.512. The SMILES string of the molecule is COCCOc1ccccc1NC(C)C(=O)Nc1cc(Cl)ccc1Cl. The Hall–Kier alpha value is -1.95. The highest BCUT2D eigenvalue weighted by molar-refractivity contribution is 6.35. The average molecular weight is 383 g/mol. The van der Waals surface area contributed by atoms with Crippen LogP contribution in [-0.4, -0.2) is 32.3 Å². The third-order valence-electron chi connectivity index (χ3n) is 3.38. The van der Waals surface area contributed by atoms with E-state index in [0.29, 0.717) is 34.7 Å². The number of benzene rings is 2. The molecule has 2 aromatic carbocycles. The second kappa shape index (κ2) is 9.51. The van der Waals surface area contributed by atoms with Gasteiger partial charge in [-0.25, -0.2) is 0 Å². The van der Waals surface area contributed by atoms with Crippen LogP contribution in [0.2, 0.25) is 10.0 Å². The standard InChI is InChI=1S/C18H20Cl2N2O3/c1-12(18(23)22-16-11-13(19)7-8-14(16)20)21-15-5-3-4-6-17(15)25-10-9-24-2/h3-8,11-12,21H,9-10H2,1-2H3,(H,22,23). The maximum absolute atomic E-state index is 12.4. The zero-order chi connectivity index (χ0) is 18.2. The first-order chi connectivity index (χ1) is 12.0. The highest BCUT2D eigenvalue weighted by Gasteiger charge is 2.16. The Labute approximate surface area is 157 Å². The Bertz CT molecular complexity index is 725. The molecule has 0 heterocycles. The highest BCUT2D eigenvalue weighted by atomic mass is 35.5. The summed E-state index contributed by atoms with van der Waals surface area (Å²) in [5.74, 6) is 0.413. The molecule has 0 aliphatic heterocycles. The van der Waals surface area contributed by atoms with Crippen molar-refractivity contribution in [3.8, 4) is 5.75 Å². The number of carbonyl (C=O) groups is 1. The summed E-state index contributed by atoms with van der Waals surface area (Å²) in [5, 5.41) is 6.82. The van der Waals surface area contributed by atoms with Crippen LogP contribution in [0.4, 0.5) is 11.4 Å². The lowest BCUT2D eigenvalue weighted by atomic mass is 10.2. The molecule has 0 aliphatic carbocycles. The summed E-state index contributed by atoms with van der Waals surface area (Å²) in [5.41, 5.74) is 1.19. The van der Waals surface area contributed by atoms with Crippen molar-refractivity contribution in [1.82, 2.24) is 0 Å². The Kier molecular flexibility index (Phi) is 7.37. The number of methoxy groups -OCH3 is 1. The van der Waals surface area contributed by atoms with Crippen molar-refractivity contribution >= 4 is 40.5 Å². The molecular weight excluding hydrogens is 363 g/mol. The number of para-hydroxylation sites is 2. The third-order valence-corrected chi connectivity index (χ3v) is 3.95. The van der Waals surface area contributed by atoms with E-state index in [9.17, 15) is 4.79 Å². The number of carbonyl (C=O) groups excluding carboxylic acids is 1. The molecule has 0 aromatic heterocycles. The molecule has 1 unspecified atom stereocenters. The molecule has 0 spiro atoms. The number of amides is 1. The molecule has 7 heteroatoms. The summed E-state index contributed by atoms with van der Waals surface area (Å²) in [7, 11) is 1.61. The van der Waals surface area contributed by atoms with Crippen molar-refractivity contribution in [1.29, 1.82) is 0 Å². The van der Waals surface area contributed by atoms with Crippen LogP contribution in [0.25, 0.3) is 0 Å². The molecule has 134 valence electrons. The second-order valence-electron chi connectivity index (χ2n) is 5.32. The Morgan fingerprint density at radius 2 is 1.88 bits per heavy atom. The van der Waals surface area contributed by atoms with E-state index in [1.54, 1.807) is 32.2 Å². The van der Waals surface area contributed by atoms with Crippen LogP contribution < -0.4 is 15.4 Å². The van der Waals surface area contributed by atoms with Crippen LogP contribution in [0.5, 0.6) is 5.75 Å². The number of anilines is 2. The Morgan fingerprint density at radius 3 is 2.64 bits per heavy atom. The van der Waals surface area contributed by atoms with E-state index in [1.165, 1.54) is 0 Å². The number of halogens is 2. The fourth-order valence-corrected chi connectivity index (χ4v) is 2.42. The number of hydrogen-bond donors (Lipinski definition) is 2. The largest absolute Gasteiger partial charge is 0.489 e. The first-order valence-corrected chi connectivity index (χ1v) is 8.50. The molecule has 25 heavy (non-hydrogen) atoms. The van der Waals surface area contributed by atoms with Crippen LogP contribution in [0.1, 0.15) is 6.92 Å². The van der Waals surface area contributed by atoms with Gasteiger partial charge >= 0.3 is 0 Å². The first-order valence-electron chi connectivity index (χ1n) is 7.74. The average Bonchev–Trinajstić information content (AvgIpc) is 2.59. The van der Waals surface area contributed by atoms with E-state index in [-0.39, 0.29) is 5.91 Å². The number of nitrogens with one attached hydrogen (secondary N) is 2. The van der Waals surface area contributed by atoms with Gasteiger partial charge in [0, 0.05) is 12.1 Å². The lowest BCUT2D eigenvalue weighted by molar-refractivity contribution is -0.116. The van der Waals surface area contributed by atoms with Gasteiger partial charge in [-0.2, -0.15) is 0 Å². The molecule has 1 atom stereocenters. The van der Waals surface area contributed by atoms with Crippen molar-refractivity contribution in [3.63, 3.8) is 0 Å². The van der Waals surface area contributed by atoms with Crippen molar-refractivity contribution in [2.24, 2.45) is 0 Å². The Morgan fingerprint density at radius 1 is 1.12 bits per heavy atom. The van der Waals surface area contributed by atoms with Gasteiger partial charge in [0.25, 0.3) is 0 Å². The molecule has 2 N–H and O–H groups in total. The molecule has 1 amide bonds. The third kappa shape index (κ3) is 5.81. The summed E-state index contributed by atoms with van der Waals surface area (Å²) in [6.45, 7) is 2.66. The normalized spacial score (nSPS) is 11.7. The van der Waals surface area contributed by atoms with Crippen LogP contribution >= 0.6 is 23.2 Å². The smallest absolute Gasteiger partial charge is 0.246 e. The van der Waals surface area contributed by atoms with E-state index >= 15 is 0 Å². The molecule has 2 aromatic rings. The monoisotopic (exact) mass is 382 g/mol. The quantitative estimate of drug-likeness (QED) is 0.661. The fourth-order valence-electron chi connectivity index (χ4n) is 2.08. The lowest BCUT2D eigenvalue weighted by Crippen LogP contribution is -2.32. The lowest BCUT2D eigenvalue weighted by Gasteiger charge is -2.18. The van der Waals surface area contributed by atoms with Gasteiger partial charge in [-0.3, -0.25) is 4.79 Å². The van der Waals surface area contributed by atoms with E-state index in [4.69, 9.17) is 32.7 Å². The molecule has 0 saturated heterocycles. The van der Waals surface area contributed by atoms with Gasteiger partial charge in [0.05, 0.1) is 23.0 Å². The van der Waals surface area contributed by atoms with Crippen LogP contribution in [0.15, 0.2) is 42.5 Å². The number of ether oxygens (including phenoxy) is 2. The predicted molar refractivity (Wildman–Crippen MR) is 102 cm³/mol. The van der Waals surface area contributed by atoms with Crippen molar-refractivity contribution in [2.45, 2.75) is 13.0 Å². The van der Waals surface area contributed by atoms with E-state index < -0.39 is 6.04 Å². The summed E-state index contributed by atoms with van der Waals surface area (Å²) in [6, 6.07) is 11.8. The maximum atomic E-state index is 12.4. The Balaban J connectivity index is 2.02. The molecule has 5 nitrogen and oxygen atoms in total. The molecule has 0 fully saturated rings. The summed E-state index contributed by atoms with van der Waals surface area (Å²) in [6.07, 6.45) is 0. The van der Waals surface area contributed by atoms with Crippen LogP contribution in [0, 0.1) is 0 Å². The van der Waals surface area contributed by atoms with E-state index in [2.05, 4.69) is 10.6 Å². The number of hydrogen-bond acceptors (Lipinski definition) is 4. The van der Waals surface area contributed by atoms with Gasteiger partial charge in [0.2, 0.25) is 5.91 Å². The minimum absolute atomic E-state index is 0.240. The molecule has 0 bridgehead atoms. The zero-order valence-electron chi connectivity index (χ0n) is 14.0. The molecular formula is C18H20Cl2N2O3. The van der Waals surface area contributed by atoms with Gasteiger partial charge in [0.1, 0.15) is 18.4 Å². The van der Waals surface area contributed by atoms with Crippen LogP contribution in [-0.2, 0) is 9.53 Å². The van der Waals surface area contributed by atoms with E-state index in [0.717, 1.165) is 5.69 Å². The molecule has 2 rings (SSSR count). The van der Waals surface area contributed by atoms with Crippen molar-refractivity contribution < 1.29 is 14.3 Å². The highest BCUT2D eigenvalue weighted by Crippen LogP contribution is 2.27. The molecule has 0 saturated carbocycles. The zero-order valence-corrected chi connectivity index (χ0v) is 15.5. The topological polar surface area (TPSA) is 59.6 Å². The fraction of sp³-hybridized carbons (Fsp3) is 0.278. The summed E-state index contributed by atoms with van der Waals surface area (Å²) < 4.78 is 10.6. The molecule has 0 radical (unpaired) electrons. The first kappa shape index (κ1) is 19.4. The van der Waals surface area contributed by atoms with Crippen molar-refractivity contribution in [2.75, 3.05) is 31.0 Å². The summed E-state index contributed by atoms with van der Waals surface area (Å²) >= 11 is 12.0. The van der Waals surface area contributed by atoms with Crippen molar-refractivity contribution in [3.05, 3.63) is 52.5 Å². The van der Waals surface area contributed by atoms with Gasteiger partial charge < -0.3 is 20.1 Å². The summed E-state index contributed by atoms with van der Waals surface area (Å²) in [4.78, 5) is 12.4. The van der Waals surface area contributed by atoms with Gasteiger partial charge in [-0.15, -0.1) is 0 Å². The van der Waals surface area contributed by atoms with Gasteiger partial charge in [0.15, 0.2) is 0 Å². The van der Waals surface area contributed by atoms with Crippen LogP contribution in [0.3, 0.4) is 0 Å². The minimum Gasteiger partial charge on any atom is -0.489 e. The van der Waals surface area contributed by atoms with Gasteiger partial charge in [-0.1, -0.05) is 35.3 Å². The maximum Gasteiger partial charge on any atom is 0.246 e. The van der Waals surface area contributed by atoms with Gasteiger partial charge in [-0.05, 0) is 37.3 Å². The molecule has 0 aliphatic rings. The second-order valence-corrected chi connectivity index (χ2v) is 6.16. The predicted octanol–water partition coefficient (Wildman–Crippen LogP) is 4.46. The number of rotatable bonds is 8. The van der Waals surface area contributed by atoms with E-state index in [1.807, 2.05) is 24.3 Å².